The summed E-state index contributed by atoms with van der Waals surface area (Å²) in [7, 11) is -2.62. The third-order valence-electron chi connectivity index (χ3n) is 6.27. The normalized spacial score (nSPS) is 21.6. The molecule has 2 aromatic rings. The zero-order chi connectivity index (χ0) is 23.0. The van der Waals surface area contributed by atoms with Crippen molar-refractivity contribution in [3.05, 3.63) is 72.8 Å². The van der Waals surface area contributed by atoms with Crippen molar-refractivity contribution >= 4 is 24.7 Å². The first-order chi connectivity index (χ1) is 15.4. The van der Waals surface area contributed by atoms with Crippen LogP contribution in [0.15, 0.2) is 72.8 Å². The van der Waals surface area contributed by atoms with Crippen LogP contribution in [0.2, 0.25) is 5.04 Å². The number of hydrogen-bond donors (Lipinski definition) is 0. The number of carbonyl (C=O) groups excluding carboxylic acids is 1. The molecule has 32 heavy (non-hydrogen) atoms. The topological polar surface area (TPSA) is 35.5 Å². The van der Waals surface area contributed by atoms with E-state index in [1.165, 1.54) is 10.4 Å². The molecule has 0 saturated carbocycles. The molecule has 2 aromatic carbocycles. The predicted molar refractivity (Wildman–Crippen MR) is 135 cm³/mol. The second-order valence-electron chi connectivity index (χ2n) is 9.78. The molecular weight excluding hydrogens is 412 g/mol. The highest BCUT2D eigenvalue weighted by Gasteiger charge is 2.51. The maximum absolute atomic E-state index is 12.3. The molecule has 0 N–H and O–H groups in total. The Kier molecular flexibility index (Phi) is 8.49. The van der Waals surface area contributed by atoms with Crippen molar-refractivity contribution in [2.75, 3.05) is 0 Å². The molecule has 0 aromatic heterocycles. The fourth-order valence-corrected chi connectivity index (χ4v) is 9.40. The SMILES string of the molecule is CCC[C@@H]1C/C=C/[C@H](O[Si](c2ccccc2)(c2ccccc2)C(C)(C)C)CCCC(=O)O1. The molecular formula is C28H38O3Si. The minimum atomic E-state index is -2.62. The van der Waals surface area contributed by atoms with Gasteiger partial charge in [0.25, 0.3) is 8.32 Å². The number of carbonyl (C=O) groups is 1. The Labute approximate surface area is 195 Å². The lowest BCUT2D eigenvalue weighted by atomic mass is 10.1. The second kappa shape index (κ2) is 11.1. The highest BCUT2D eigenvalue weighted by molar-refractivity contribution is 6.99. The summed E-state index contributed by atoms with van der Waals surface area (Å²) >= 11 is 0. The standard InChI is InChI=1S/C28H38O3Si/c1-5-14-23-15-12-16-24(17-13-22-27(29)30-23)31-32(28(2,3)4,25-18-8-6-9-19-25)26-20-10-7-11-21-26/h6-12,16,18-21,23-24H,5,13-15,17,22H2,1-4H3/b16-12+/t23-,24+/m1/s1. The van der Waals surface area contributed by atoms with Crippen molar-refractivity contribution in [1.82, 2.24) is 0 Å². The van der Waals surface area contributed by atoms with E-state index in [-0.39, 0.29) is 23.2 Å². The third kappa shape index (κ3) is 5.79. The highest BCUT2D eigenvalue weighted by Crippen LogP contribution is 2.38. The molecule has 0 spiro atoms. The lowest BCUT2D eigenvalue weighted by molar-refractivity contribution is -0.149. The lowest BCUT2D eigenvalue weighted by Crippen LogP contribution is -2.67. The minimum Gasteiger partial charge on any atom is -0.462 e. The van der Waals surface area contributed by atoms with Crippen molar-refractivity contribution in [3.63, 3.8) is 0 Å². The van der Waals surface area contributed by atoms with Crippen LogP contribution in [0.4, 0.5) is 0 Å². The first-order valence-corrected chi connectivity index (χ1v) is 13.9. The molecule has 1 aliphatic rings. The number of rotatable bonds is 6. The van der Waals surface area contributed by atoms with Gasteiger partial charge in [-0.15, -0.1) is 0 Å². The minimum absolute atomic E-state index is 0.0321. The van der Waals surface area contributed by atoms with Crippen LogP contribution in [0.5, 0.6) is 0 Å². The van der Waals surface area contributed by atoms with Crippen LogP contribution < -0.4 is 10.4 Å². The number of cyclic esters (lactones) is 1. The van der Waals surface area contributed by atoms with E-state index in [0.29, 0.717) is 6.42 Å². The number of hydrogen-bond acceptors (Lipinski definition) is 3. The number of ether oxygens (including phenoxy) is 1. The van der Waals surface area contributed by atoms with Gasteiger partial charge in [0, 0.05) is 12.8 Å². The van der Waals surface area contributed by atoms with Crippen molar-refractivity contribution in [3.8, 4) is 0 Å². The maximum Gasteiger partial charge on any atom is 0.306 e. The Balaban J connectivity index is 2.02. The summed E-state index contributed by atoms with van der Waals surface area (Å²) in [5.41, 5.74) is 0. The summed E-state index contributed by atoms with van der Waals surface area (Å²) in [6, 6.07) is 21.5. The third-order valence-corrected chi connectivity index (χ3v) is 11.3. The monoisotopic (exact) mass is 450 g/mol. The Hall–Kier alpha value is -2.17. The van der Waals surface area contributed by atoms with Gasteiger partial charge in [-0.25, -0.2) is 0 Å². The van der Waals surface area contributed by atoms with Crippen molar-refractivity contribution < 1.29 is 14.0 Å². The molecule has 0 saturated heterocycles. The summed E-state index contributed by atoms with van der Waals surface area (Å²) in [4.78, 5) is 12.3. The molecule has 1 heterocycles. The van der Waals surface area contributed by atoms with Gasteiger partial charge in [0.2, 0.25) is 0 Å². The van der Waals surface area contributed by atoms with E-state index in [4.69, 9.17) is 9.16 Å². The smallest absolute Gasteiger partial charge is 0.306 e. The number of esters is 1. The first kappa shape index (κ1) is 24.5. The van der Waals surface area contributed by atoms with Gasteiger partial charge < -0.3 is 9.16 Å². The van der Waals surface area contributed by atoms with Crippen molar-refractivity contribution in [2.45, 2.75) is 83.5 Å². The van der Waals surface area contributed by atoms with Crippen LogP contribution in [0, 0.1) is 0 Å². The van der Waals surface area contributed by atoms with E-state index in [1.807, 2.05) is 0 Å². The predicted octanol–water partition coefficient (Wildman–Crippen LogP) is 5.77. The van der Waals surface area contributed by atoms with Crippen LogP contribution in [0.1, 0.15) is 66.2 Å². The second-order valence-corrected chi connectivity index (χ2v) is 14.0. The zero-order valence-electron chi connectivity index (χ0n) is 20.1. The molecule has 0 fully saturated rings. The largest absolute Gasteiger partial charge is 0.462 e. The molecule has 0 aliphatic carbocycles. The van der Waals surface area contributed by atoms with E-state index in [1.54, 1.807) is 0 Å². The van der Waals surface area contributed by atoms with E-state index in [2.05, 4.69) is 101 Å². The van der Waals surface area contributed by atoms with E-state index in [9.17, 15) is 4.79 Å². The molecule has 0 unspecified atom stereocenters. The summed E-state index contributed by atoms with van der Waals surface area (Å²) in [6.45, 7) is 9.04. The fraction of sp³-hybridized carbons (Fsp3) is 0.464. The molecule has 0 radical (unpaired) electrons. The van der Waals surface area contributed by atoms with Crippen LogP contribution in [0.25, 0.3) is 0 Å². The van der Waals surface area contributed by atoms with Crippen molar-refractivity contribution in [1.29, 1.82) is 0 Å². The average Bonchev–Trinajstić information content (AvgIpc) is 2.77. The van der Waals surface area contributed by atoms with Gasteiger partial charge in [0.1, 0.15) is 6.10 Å². The van der Waals surface area contributed by atoms with E-state index in [0.717, 1.165) is 32.1 Å². The van der Waals surface area contributed by atoms with E-state index < -0.39 is 8.32 Å². The Morgan fingerprint density at radius 2 is 1.59 bits per heavy atom. The molecule has 0 bridgehead atoms. The van der Waals surface area contributed by atoms with Gasteiger partial charge in [0.15, 0.2) is 0 Å². The van der Waals surface area contributed by atoms with Gasteiger partial charge in [-0.2, -0.15) is 0 Å². The van der Waals surface area contributed by atoms with Crippen LogP contribution >= 0.6 is 0 Å². The maximum atomic E-state index is 12.3. The molecule has 0 amide bonds. The fourth-order valence-electron chi connectivity index (χ4n) is 4.73. The Bertz CT molecular complexity index is 831. The van der Waals surface area contributed by atoms with Gasteiger partial charge in [0.05, 0.1) is 6.10 Å². The first-order valence-electron chi connectivity index (χ1n) is 12.0. The molecule has 2 atom stereocenters. The number of benzene rings is 2. The summed E-state index contributed by atoms with van der Waals surface area (Å²) in [5.74, 6) is -0.0806. The van der Waals surface area contributed by atoms with Crippen LogP contribution in [0.3, 0.4) is 0 Å². The highest BCUT2D eigenvalue weighted by atomic mass is 28.4. The van der Waals surface area contributed by atoms with E-state index >= 15 is 0 Å². The van der Waals surface area contributed by atoms with Crippen LogP contribution in [-0.2, 0) is 14.0 Å². The Morgan fingerprint density at radius 3 is 2.12 bits per heavy atom. The zero-order valence-corrected chi connectivity index (χ0v) is 21.1. The van der Waals surface area contributed by atoms with Crippen LogP contribution in [-0.4, -0.2) is 26.5 Å². The quantitative estimate of drug-likeness (QED) is 0.318. The summed E-state index contributed by atoms with van der Waals surface area (Å²) in [6.07, 6.45) is 9.02. The molecule has 3 rings (SSSR count). The molecule has 172 valence electrons. The summed E-state index contributed by atoms with van der Waals surface area (Å²) in [5, 5.41) is 2.50. The van der Waals surface area contributed by atoms with Gasteiger partial charge in [-0.05, 0) is 34.7 Å². The van der Waals surface area contributed by atoms with Gasteiger partial charge in [-0.1, -0.05) is 107 Å². The van der Waals surface area contributed by atoms with Crippen molar-refractivity contribution in [2.24, 2.45) is 0 Å². The summed E-state index contributed by atoms with van der Waals surface area (Å²) < 4.78 is 13.0. The molecule has 4 heteroatoms. The van der Waals surface area contributed by atoms with Gasteiger partial charge in [-0.3, -0.25) is 4.79 Å². The Morgan fingerprint density at radius 1 is 1.00 bits per heavy atom. The van der Waals surface area contributed by atoms with Gasteiger partial charge >= 0.3 is 5.97 Å². The average molecular weight is 451 g/mol. The molecule has 1 aliphatic heterocycles. The lowest BCUT2D eigenvalue weighted by Gasteiger charge is -2.45. The molecule has 3 nitrogen and oxygen atoms in total.